The summed E-state index contributed by atoms with van der Waals surface area (Å²) in [5.41, 5.74) is 2.48. The Kier molecular flexibility index (Phi) is 5.88. The Morgan fingerprint density at radius 1 is 1.00 bits per heavy atom. The molecule has 1 N–H and O–H groups in total. The SMILES string of the molecule is CCCCN(Cc1nc2ccccc2c(=O)[nH]1)Cc1cc2ccccc2nc1Cl. The van der Waals surface area contributed by atoms with Gasteiger partial charge in [0.1, 0.15) is 11.0 Å². The second-order valence-electron chi connectivity index (χ2n) is 7.22. The van der Waals surface area contributed by atoms with Crippen LogP contribution in [0.15, 0.2) is 59.4 Å². The van der Waals surface area contributed by atoms with Crippen molar-refractivity contribution < 1.29 is 0 Å². The van der Waals surface area contributed by atoms with E-state index in [1.54, 1.807) is 6.07 Å². The molecule has 5 nitrogen and oxygen atoms in total. The second-order valence-corrected chi connectivity index (χ2v) is 7.58. The average Bonchev–Trinajstić information content (AvgIpc) is 2.72. The number of halogens is 1. The smallest absolute Gasteiger partial charge is 0.258 e. The third-order valence-electron chi connectivity index (χ3n) is 5.01. The van der Waals surface area contributed by atoms with Crippen molar-refractivity contribution in [3.8, 4) is 0 Å². The lowest BCUT2D eigenvalue weighted by molar-refractivity contribution is 0.246. The molecule has 0 aliphatic heterocycles. The maximum atomic E-state index is 12.4. The minimum absolute atomic E-state index is 0.105. The molecule has 4 rings (SSSR count). The van der Waals surface area contributed by atoms with Crippen LogP contribution in [0.4, 0.5) is 0 Å². The van der Waals surface area contributed by atoms with E-state index >= 15 is 0 Å². The maximum absolute atomic E-state index is 12.4. The summed E-state index contributed by atoms with van der Waals surface area (Å²) in [5, 5.41) is 2.20. The quantitative estimate of drug-likeness (QED) is 0.442. The zero-order valence-corrected chi connectivity index (χ0v) is 17.1. The van der Waals surface area contributed by atoms with Crippen LogP contribution in [-0.4, -0.2) is 26.4 Å². The molecule has 0 amide bonds. The Morgan fingerprint density at radius 2 is 1.76 bits per heavy atom. The van der Waals surface area contributed by atoms with Gasteiger partial charge in [0.15, 0.2) is 0 Å². The van der Waals surface area contributed by atoms with Crippen LogP contribution in [0.1, 0.15) is 31.2 Å². The van der Waals surface area contributed by atoms with Crippen molar-refractivity contribution in [1.82, 2.24) is 19.9 Å². The molecule has 0 fully saturated rings. The van der Waals surface area contributed by atoms with Gasteiger partial charge < -0.3 is 4.98 Å². The van der Waals surface area contributed by atoms with Crippen LogP contribution in [0.3, 0.4) is 0 Å². The average molecular weight is 407 g/mol. The highest BCUT2D eigenvalue weighted by Gasteiger charge is 2.13. The molecule has 2 aromatic carbocycles. The van der Waals surface area contributed by atoms with E-state index in [9.17, 15) is 4.79 Å². The largest absolute Gasteiger partial charge is 0.309 e. The summed E-state index contributed by atoms with van der Waals surface area (Å²) in [6.07, 6.45) is 2.14. The minimum atomic E-state index is -0.105. The zero-order chi connectivity index (χ0) is 20.2. The number of rotatable bonds is 7. The predicted molar refractivity (Wildman–Crippen MR) is 118 cm³/mol. The first-order valence-corrected chi connectivity index (χ1v) is 10.3. The third-order valence-corrected chi connectivity index (χ3v) is 5.33. The molecule has 0 spiro atoms. The first-order valence-electron chi connectivity index (χ1n) is 9.88. The first kappa shape index (κ1) is 19.6. The molecule has 0 atom stereocenters. The van der Waals surface area contributed by atoms with E-state index in [1.807, 2.05) is 42.5 Å². The molecule has 0 bridgehead atoms. The molecule has 0 unspecified atom stereocenters. The van der Waals surface area contributed by atoms with Crippen molar-refractivity contribution in [2.45, 2.75) is 32.9 Å². The van der Waals surface area contributed by atoms with Gasteiger partial charge in [-0.15, -0.1) is 0 Å². The lowest BCUT2D eigenvalue weighted by Crippen LogP contribution is -2.27. The maximum Gasteiger partial charge on any atom is 0.258 e. The van der Waals surface area contributed by atoms with E-state index in [4.69, 9.17) is 11.6 Å². The number of fused-ring (bicyclic) bond motifs is 2. The molecule has 0 aliphatic carbocycles. The van der Waals surface area contributed by atoms with E-state index in [0.29, 0.717) is 35.0 Å². The highest BCUT2D eigenvalue weighted by Crippen LogP contribution is 2.22. The van der Waals surface area contributed by atoms with E-state index in [-0.39, 0.29) is 5.56 Å². The van der Waals surface area contributed by atoms with Crippen molar-refractivity contribution in [3.63, 3.8) is 0 Å². The predicted octanol–water partition coefficient (Wildman–Crippen LogP) is 4.93. The first-order chi connectivity index (χ1) is 14.1. The van der Waals surface area contributed by atoms with E-state index in [1.165, 1.54) is 0 Å². The standard InChI is InChI=1S/C23H23ClN4O/c1-2-3-12-28(14-17-13-16-8-4-6-10-19(16)26-22(17)24)15-21-25-20-11-7-5-9-18(20)23(29)27-21/h4-11,13H,2-3,12,14-15H2,1H3,(H,25,27,29). The number of aromatic nitrogens is 3. The Morgan fingerprint density at radius 3 is 2.59 bits per heavy atom. The van der Waals surface area contributed by atoms with Crippen LogP contribution in [0.5, 0.6) is 0 Å². The van der Waals surface area contributed by atoms with Crippen LogP contribution in [0.25, 0.3) is 21.8 Å². The van der Waals surface area contributed by atoms with Gasteiger partial charge in [0, 0.05) is 17.5 Å². The summed E-state index contributed by atoms with van der Waals surface area (Å²) in [7, 11) is 0. The molecule has 6 heteroatoms. The summed E-state index contributed by atoms with van der Waals surface area (Å²) in [6.45, 7) is 4.24. The van der Waals surface area contributed by atoms with E-state index < -0.39 is 0 Å². The van der Waals surface area contributed by atoms with Gasteiger partial charge in [-0.1, -0.05) is 55.3 Å². The number of benzene rings is 2. The molecule has 2 aromatic heterocycles. The number of nitrogens with one attached hydrogen (secondary N) is 1. The molecule has 29 heavy (non-hydrogen) atoms. The van der Waals surface area contributed by atoms with Gasteiger partial charge in [-0.2, -0.15) is 0 Å². The summed E-state index contributed by atoms with van der Waals surface area (Å²) in [4.78, 5) is 26.8. The van der Waals surface area contributed by atoms with Gasteiger partial charge in [0.05, 0.1) is 23.0 Å². The van der Waals surface area contributed by atoms with Crippen LogP contribution < -0.4 is 5.56 Å². The van der Waals surface area contributed by atoms with Crippen LogP contribution in [-0.2, 0) is 13.1 Å². The molecule has 4 aromatic rings. The van der Waals surface area contributed by atoms with Crippen molar-refractivity contribution >= 4 is 33.4 Å². The molecule has 2 heterocycles. The lowest BCUT2D eigenvalue weighted by Gasteiger charge is -2.22. The van der Waals surface area contributed by atoms with Crippen LogP contribution in [0.2, 0.25) is 5.15 Å². The number of hydrogen-bond donors (Lipinski definition) is 1. The van der Waals surface area contributed by atoms with E-state index in [0.717, 1.165) is 35.9 Å². The van der Waals surface area contributed by atoms with Gasteiger partial charge >= 0.3 is 0 Å². The van der Waals surface area contributed by atoms with Gasteiger partial charge in [-0.3, -0.25) is 9.69 Å². The monoisotopic (exact) mass is 406 g/mol. The summed E-state index contributed by atoms with van der Waals surface area (Å²) >= 11 is 6.48. The Labute approximate surface area is 174 Å². The number of hydrogen-bond acceptors (Lipinski definition) is 4. The molecular weight excluding hydrogens is 384 g/mol. The number of unbranched alkanes of at least 4 members (excludes halogenated alkanes) is 1. The fourth-order valence-electron chi connectivity index (χ4n) is 3.51. The molecule has 0 saturated heterocycles. The second kappa shape index (κ2) is 8.72. The number of pyridine rings is 1. The Balaban J connectivity index is 1.63. The molecule has 0 saturated carbocycles. The van der Waals surface area contributed by atoms with Crippen LogP contribution in [0, 0.1) is 0 Å². The molecule has 148 valence electrons. The van der Waals surface area contributed by atoms with Crippen molar-refractivity contribution in [1.29, 1.82) is 0 Å². The summed E-state index contributed by atoms with van der Waals surface area (Å²) in [6, 6.07) is 17.5. The summed E-state index contributed by atoms with van der Waals surface area (Å²) in [5.74, 6) is 0.662. The molecular formula is C23H23ClN4O. The Hall–Kier alpha value is -2.76. The Bertz CT molecular complexity index is 1200. The van der Waals surface area contributed by atoms with Gasteiger partial charge in [0.2, 0.25) is 0 Å². The fourth-order valence-corrected chi connectivity index (χ4v) is 3.71. The third kappa shape index (κ3) is 4.47. The lowest BCUT2D eigenvalue weighted by atomic mass is 10.1. The summed E-state index contributed by atoms with van der Waals surface area (Å²) < 4.78 is 0. The number of para-hydroxylation sites is 2. The van der Waals surface area contributed by atoms with Crippen LogP contribution >= 0.6 is 11.6 Å². The molecule has 0 aliphatic rings. The van der Waals surface area contributed by atoms with E-state index in [2.05, 4.69) is 32.8 Å². The number of aromatic amines is 1. The zero-order valence-electron chi connectivity index (χ0n) is 16.4. The number of nitrogens with zero attached hydrogens (tertiary/aromatic N) is 3. The number of H-pyrrole nitrogens is 1. The van der Waals surface area contributed by atoms with Crippen molar-refractivity contribution in [2.75, 3.05) is 6.54 Å². The fraction of sp³-hybridized carbons (Fsp3) is 0.261. The molecule has 0 radical (unpaired) electrons. The van der Waals surface area contributed by atoms with Gasteiger partial charge in [-0.25, -0.2) is 9.97 Å². The van der Waals surface area contributed by atoms with Gasteiger partial charge in [0.25, 0.3) is 5.56 Å². The topological polar surface area (TPSA) is 61.9 Å². The normalized spacial score (nSPS) is 11.6. The van der Waals surface area contributed by atoms with Crippen molar-refractivity contribution in [2.24, 2.45) is 0 Å². The minimum Gasteiger partial charge on any atom is -0.309 e. The highest BCUT2D eigenvalue weighted by molar-refractivity contribution is 6.30. The van der Waals surface area contributed by atoms with Crippen molar-refractivity contribution in [3.05, 3.63) is 81.5 Å². The van der Waals surface area contributed by atoms with Gasteiger partial charge in [-0.05, 0) is 37.2 Å². The highest BCUT2D eigenvalue weighted by atomic mass is 35.5.